The van der Waals surface area contributed by atoms with Gasteiger partial charge >= 0.3 is 0 Å². The van der Waals surface area contributed by atoms with Crippen LogP contribution in [-0.4, -0.2) is 52.1 Å². The highest BCUT2D eigenvalue weighted by Gasteiger charge is 2.13. The van der Waals surface area contributed by atoms with E-state index in [1.54, 1.807) is 13.4 Å². The number of imidazole rings is 1. The topological polar surface area (TPSA) is 66.9 Å². The first-order chi connectivity index (χ1) is 8.22. The highest BCUT2D eigenvalue weighted by molar-refractivity contribution is 9.09. The van der Waals surface area contributed by atoms with Crippen LogP contribution >= 0.6 is 15.9 Å². The Hall–Kier alpha value is -1.21. The number of H-pyrrole nitrogens is 1. The van der Waals surface area contributed by atoms with Crippen LogP contribution in [0.3, 0.4) is 0 Å². The van der Waals surface area contributed by atoms with Crippen LogP contribution in [0, 0.1) is 0 Å². The summed E-state index contributed by atoms with van der Waals surface area (Å²) in [6.45, 7) is 1.44. The Bertz CT molecular complexity index is 488. The zero-order chi connectivity index (χ0) is 12.3. The molecule has 0 saturated carbocycles. The van der Waals surface area contributed by atoms with Crippen LogP contribution < -0.4 is 4.90 Å². The zero-order valence-electron chi connectivity index (χ0n) is 9.72. The summed E-state index contributed by atoms with van der Waals surface area (Å²) in [5, 5.41) is 0. The average Bonchev–Trinajstić information content (AvgIpc) is 2.76. The molecule has 0 saturated heterocycles. The lowest BCUT2D eigenvalue weighted by Crippen LogP contribution is -2.29. The summed E-state index contributed by atoms with van der Waals surface area (Å²) in [7, 11) is 3.67. The number of fused-ring (bicyclic) bond motifs is 1. The number of hydrogen-bond acceptors (Lipinski definition) is 5. The van der Waals surface area contributed by atoms with Gasteiger partial charge in [-0.2, -0.15) is 0 Å². The molecule has 1 atom stereocenters. The zero-order valence-corrected chi connectivity index (χ0v) is 11.3. The molecule has 1 unspecified atom stereocenters. The van der Waals surface area contributed by atoms with E-state index < -0.39 is 0 Å². The monoisotopic (exact) mass is 299 g/mol. The quantitative estimate of drug-likeness (QED) is 0.840. The summed E-state index contributed by atoms with van der Waals surface area (Å²) < 4.78 is 5.09. The van der Waals surface area contributed by atoms with Crippen molar-refractivity contribution in [3.05, 3.63) is 12.7 Å². The average molecular weight is 300 g/mol. The van der Waals surface area contributed by atoms with Crippen LogP contribution in [0.4, 0.5) is 5.82 Å². The van der Waals surface area contributed by atoms with E-state index in [9.17, 15) is 0 Å². The van der Waals surface area contributed by atoms with Gasteiger partial charge in [-0.1, -0.05) is 15.9 Å². The van der Waals surface area contributed by atoms with Crippen molar-refractivity contribution < 1.29 is 4.74 Å². The number of hydrogen-bond donors (Lipinski definition) is 1. The summed E-state index contributed by atoms with van der Waals surface area (Å²) in [5.41, 5.74) is 1.53. The van der Waals surface area contributed by atoms with Crippen molar-refractivity contribution in [2.75, 3.05) is 32.2 Å². The van der Waals surface area contributed by atoms with Gasteiger partial charge in [0.15, 0.2) is 11.5 Å². The number of ether oxygens (including phenoxy) is 1. The Morgan fingerprint density at radius 2 is 2.29 bits per heavy atom. The molecule has 2 heterocycles. The number of aromatic amines is 1. The van der Waals surface area contributed by atoms with Gasteiger partial charge in [-0.25, -0.2) is 15.0 Å². The van der Waals surface area contributed by atoms with Crippen molar-refractivity contribution in [3.8, 4) is 0 Å². The maximum Gasteiger partial charge on any atom is 0.182 e. The number of aromatic nitrogens is 4. The molecule has 0 spiro atoms. The van der Waals surface area contributed by atoms with Crippen LogP contribution in [0.2, 0.25) is 0 Å². The molecule has 17 heavy (non-hydrogen) atoms. The highest BCUT2D eigenvalue weighted by atomic mass is 79.9. The lowest BCUT2D eigenvalue weighted by molar-refractivity contribution is 0.201. The minimum Gasteiger partial charge on any atom is -0.383 e. The van der Waals surface area contributed by atoms with Crippen molar-refractivity contribution in [2.45, 2.75) is 4.83 Å². The minimum absolute atomic E-state index is 0.255. The van der Waals surface area contributed by atoms with Gasteiger partial charge in [0.25, 0.3) is 0 Å². The summed E-state index contributed by atoms with van der Waals surface area (Å²) in [6.07, 6.45) is 3.14. The number of anilines is 1. The molecule has 0 aliphatic rings. The van der Waals surface area contributed by atoms with Crippen molar-refractivity contribution in [3.63, 3.8) is 0 Å². The molecule has 6 nitrogen and oxygen atoms in total. The van der Waals surface area contributed by atoms with E-state index in [-0.39, 0.29) is 4.83 Å². The number of nitrogens with one attached hydrogen (secondary N) is 1. The first-order valence-corrected chi connectivity index (χ1v) is 6.12. The fourth-order valence-electron chi connectivity index (χ4n) is 1.66. The van der Waals surface area contributed by atoms with Crippen molar-refractivity contribution in [2.24, 2.45) is 0 Å². The Morgan fingerprint density at radius 1 is 1.47 bits per heavy atom. The summed E-state index contributed by atoms with van der Waals surface area (Å²) in [6, 6.07) is 0. The van der Waals surface area contributed by atoms with E-state index in [0.717, 1.165) is 17.9 Å². The van der Waals surface area contributed by atoms with Crippen LogP contribution in [0.15, 0.2) is 12.7 Å². The first-order valence-electron chi connectivity index (χ1n) is 5.20. The number of rotatable bonds is 5. The minimum atomic E-state index is 0.255. The second-order valence-electron chi connectivity index (χ2n) is 3.73. The van der Waals surface area contributed by atoms with Crippen molar-refractivity contribution >= 4 is 32.9 Å². The lowest BCUT2D eigenvalue weighted by atomic mass is 10.4. The summed E-state index contributed by atoms with van der Waals surface area (Å²) in [4.78, 5) is 17.8. The smallest absolute Gasteiger partial charge is 0.182 e. The molecule has 2 aromatic heterocycles. The predicted molar refractivity (Wildman–Crippen MR) is 69.5 cm³/mol. The van der Waals surface area contributed by atoms with Crippen LogP contribution in [0.1, 0.15) is 0 Å². The van der Waals surface area contributed by atoms with E-state index in [1.165, 1.54) is 6.33 Å². The SMILES string of the molecule is COCC(Br)CN(C)c1ncnc2nc[nH]c12. The number of halogens is 1. The molecule has 7 heteroatoms. The number of nitrogens with zero attached hydrogens (tertiary/aromatic N) is 4. The fraction of sp³-hybridized carbons (Fsp3) is 0.500. The molecule has 0 fully saturated rings. The van der Waals surface area contributed by atoms with Gasteiger partial charge < -0.3 is 14.6 Å². The second kappa shape index (κ2) is 5.42. The van der Waals surface area contributed by atoms with Gasteiger partial charge in [0.05, 0.1) is 17.8 Å². The Morgan fingerprint density at radius 3 is 3.06 bits per heavy atom. The third-order valence-electron chi connectivity index (χ3n) is 2.38. The maximum absolute atomic E-state index is 5.09. The molecule has 0 radical (unpaired) electrons. The molecule has 0 aliphatic carbocycles. The molecule has 0 aromatic carbocycles. The molecule has 2 rings (SSSR count). The first kappa shape index (κ1) is 12.3. The standard InChI is InChI=1S/C10H14BrN5O/c1-16(3-7(11)4-17-2)10-8-9(13-5-12-8)14-6-15-10/h5-7H,3-4H2,1-2H3,(H,12,13,14,15). The van der Waals surface area contributed by atoms with Crippen LogP contribution in [0.25, 0.3) is 11.2 Å². The third kappa shape index (κ3) is 2.73. The Balaban J connectivity index is 2.18. The number of alkyl halides is 1. The second-order valence-corrected chi connectivity index (χ2v) is 5.03. The Labute approximate surface area is 108 Å². The van der Waals surface area contributed by atoms with Gasteiger partial charge in [0.2, 0.25) is 0 Å². The lowest BCUT2D eigenvalue weighted by Gasteiger charge is -2.21. The molecule has 92 valence electrons. The van der Waals surface area contributed by atoms with E-state index in [1.807, 2.05) is 11.9 Å². The molecule has 2 aromatic rings. The fourth-order valence-corrected chi connectivity index (χ4v) is 2.36. The van der Waals surface area contributed by atoms with E-state index >= 15 is 0 Å². The molecular formula is C10H14BrN5O. The van der Waals surface area contributed by atoms with Crippen LogP contribution in [0.5, 0.6) is 0 Å². The van der Waals surface area contributed by atoms with Gasteiger partial charge in [0, 0.05) is 20.7 Å². The van der Waals surface area contributed by atoms with Crippen molar-refractivity contribution in [1.82, 2.24) is 19.9 Å². The van der Waals surface area contributed by atoms with Crippen LogP contribution in [-0.2, 0) is 4.74 Å². The summed E-state index contributed by atoms with van der Waals surface area (Å²) >= 11 is 3.55. The van der Waals surface area contributed by atoms with Gasteiger partial charge in [0.1, 0.15) is 11.8 Å². The van der Waals surface area contributed by atoms with E-state index in [4.69, 9.17) is 4.74 Å². The van der Waals surface area contributed by atoms with Gasteiger partial charge in [-0.3, -0.25) is 0 Å². The Kier molecular flexibility index (Phi) is 3.90. The molecule has 0 amide bonds. The third-order valence-corrected chi connectivity index (χ3v) is 2.94. The number of methoxy groups -OCH3 is 1. The largest absolute Gasteiger partial charge is 0.383 e. The van der Waals surface area contributed by atoms with Crippen molar-refractivity contribution in [1.29, 1.82) is 0 Å². The van der Waals surface area contributed by atoms with Gasteiger partial charge in [-0.15, -0.1) is 0 Å². The normalized spacial score (nSPS) is 12.9. The predicted octanol–water partition coefficient (Wildman–Crippen LogP) is 1.20. The van der Waals surface area contributed by atoms with E-state index in [0.29, 0.717) is 12.3 Å². The van der Waals surface area contributed by atoms with Gasteiger partial charge in [-0.05, 0) is 0 Å². The molecule has 1 N–H and O–H groups in total. The highest BCUT2D eigenvalue weighted by Crippen LogP contribution is 2.19. The molecule has 0 bridgehead atoms. The molecule has 0 aliphatic heterocycles. The maximum atomic E-state index is 5.09. The summed E-state index contributed by atoms with van der Waals surface area (Å²) in [5.74, 6) is 0.841. The molecular weight excluding hydrogens is 286 g/mol. The van der Waals surface area contributed by atoms with E-state index in [2.05, 4.69) is 35.9 Å².